The molecule has 2 aromatic carbocycles. The summed E-state index contributed by atoms with van der Waals surface area (Å²) in [5.74, 6) is 0.136. The van der Waals surface area contributed by atoms with Gasteiger partial charge in [-0.15, -0.1) is 11.3 Å². The van der Waals surface area contributed by atoms with Crippen LogP contribution in [0.1, 0.15) is 25.9 Å². The van der Waals surface area contributed by atoms with Gasteiger partial charge in [0, 0.05) is 36.6 Å². The second-order valence-electron chi connectivity index (χ2n) is 6.88. The fourth-order valence-corrected chi connectivity index (χ4v) is 4.39. The number of benzene rings is 2. The summed E-state index contributed by atoms with van der Waals surface area (Å²) in [7, 11) is 0. The molecule has 1 saturated heterocycles. The fourth-order valence-electron chi connectivity index (χ4n) is 3.41. The highest BCUT2D eigenvalue weighted by Gasteiger charge is 2.23. The lowest BCUT2D eigenvalue weighted by Gasteiger charge is -2.34. The van der Waals surface area contributed by atoms with Crippen LogP contribution in [0.5, 0.6) is 0 Å². The third-order valence-corrected chi connectivity index (χ3v) is 6.15. The molecule has 0 unspecified atom stereocenters. The van der Waals surface area contributed by atoms with E-state index in [1.807, 2.05) is 35.2 Å². The minimum atomic E-state index is 0.136. The zero-order valence-electron chi connectivity index (χ0n) is 15.2. The van der Waals surface area contributed by atoms with E-state index in [-0.39, 0.29) is 5.91 Å². The predicted molar refractivity (Wildman–Crippen MR) is 107 cm³/mol. The number of piperazine rings is 1. The first-order valence-corrected chi connectivity index (χ1v) is 9.85. The first-order valence-electron chi connectivity index (χ1n) is 9.03. The number of amides is 1. The summed E-state index contributed by atoms with van der Waals surface area (Å²) in [4.78, 5) is 23.1. The number of hydrogen-bond acceptors (Lipinski definition) is 4. The highest BCUT2D eigenvalue weighted by molar-refractivity contribution is 7.11. The van der Waals surface area contributed by atoms with Gasteiger partial charge in [-0.2, -0.15) is 0 Å². The van der Waals surface area contributed by atoms with Crippen molar-refractivity contribution in [1.29, 1.82) is 0 Å². The van der Waals surface area contributed by atoms with Crippen molar-refractivity contribution in [3.05, 3.63) is 63.6 Å². The molecule has 1 aliphatic rings. The van der Waals surface area contributed by atoms with Gasteiger partial charge in [0.2, 0.25) is 0 Å². The number of carbonyl (C=O) groups is 1. The summed E-state index contributed by atoms with van der Waals surface area (Å²) < 4.78 is 0. The number of carbonyl (C=O) groups excluding carboxylic acids is 1. The third-order valence-electron chi connectivity index (χ3n) is 5.09. The van der Waals surface area contributed by atoms with Crippen molar-refractivity contribution < 1.29 is 4.79 Å². The summed E-state index contributed by atoms with van der Waals surface area (Å²) in [6, 6.07) is 14.1. The molecule has 134 valence electrons. The zero-order chi connectivity index (χ0) is 18.1. The topological polar surface area (TPSA) is 36.4 Å². The summed E-state index contributed by atoms with van der Waals surface area (Å²) in [6.07, 6.45) is 0. The lowest BCUT2D eigenvalue weighted by Crippen LogP contribution is -2.48. The molecule has 1 fully saturated rings. The van der Waals surface area contributed by atoms with E-state index in [2.05, 4.69) is 35.9 Å². The predicted octanol–water partition coefficient (Wildman–Crippen LogP) is 3.87. The molecule has 1 aliphatic heterocycles. The Bertz CT molecular complexity index is 922. The van der Waals surface area contributed by atoms with Gasteiger partial charge in [-0.3, -0.25) is 9.69 Å². The van der Waals surface area contributed by atoms with Crippen molar-refractivity contribution in [1.82, 2.24) is 14.8 Å². The van der Waals surface area contributed by atoms with Crippen molar-refractivity contribution in [2.45, 2.75) is 20.4 Å². The molecule has 0 spiro atoms. The molecule has 2 heterocycles. The molecule has 0 aliphatic carbocycles. The van der Waals surface area contributed by atoms with Crippen LogP contribution in [0.3, 0.4) is 0 Å². The van der Waals surface area contributed by atoms with Crippen molar-refractivity contribution in [3.8, 4) is 0 Å². The van der Waals surface area contributed by atoms with Gasteiger partial charge in [0.05, 0.1) is 12.2 Å². The van der Waals surface area contributed by atoms with Crippen molar-refractivity contribution >= 4 is 28.0 Å². The Morgan fingerprint density at radius 3 is 2.46 bits per heavy atom. The summed E-state index contributed by atoms with van der Waals surface area (Å²) in [6.45, 7) is 8.42. The van der Waals surface area contributed by atoms with E-state index in [0.717, 1.165) is 49.4 Å². The third kappa shape index (κ3) is 3.50. The van der Waals surface area contributed by atoms with Crippen LogP contribution < -0.4 is 0 Å². The second kappa shape index (κ2) is 7.17. The molecule has 4 nitrogen and oxygen atoms in total. The first kappa shape index (κ1) is 17.2. The lowest BCUT2D eigenvalue weighted by atomic mass is 10.1. The average molecular weight is 366 g/mol. The van der Waals surface area contributed by atoms with Gasteiger partial charge in [0.15, 0.2) is 0 Å². The highest BCUT2D eigenvalue weighted by atomic mass is 32.1. The number of thiazole rings is 1. The van der Waals surface area contributed by atoms with E-state index in [1.54, 1.807) is 11.3 Å². The molecule has 0 atom stereocenters. The maximum atomic E-state index is 12.9. The van der Waals surface area contributed by atoms with Gasteiger partial charge in [0.25, 0.3) is 5.91 Å². The Hall–Kier alpha value is -2.24. The van der Waals surface area contributed by atoms with Gasteiger partial charge >= 0.3 is 0 Å². The second-order valence-corrected chi connectivity index (χ2v) is 8.17. The number of hydrogen-bond donors (Lipinski definition) is 0. The minimum absolute atomic E-state index is 0.136. The van der Waals surface area contributed by atoms with Gasteiger partial charge in [-0.05, 0) is 36.8 Å². The van der Waals surface area contributed by atoms with Crippen molar-refractivity contribution in [2.75, 3.05) is 26.2 Å². The fraction of sp³-hybridized carbons (Fsp3) is 0.333. The Morgan fingerprint density at radius 1 is 1.04 bits per heavy atom. The SMILES string of the molecule is Cc1nc(CN2CCN(C(=O)c3ccc4ccccc4c3)CC2)sc1C. The molecule has 1 amide bonds. The molecular weight excluding hydrogens is 342 g/mol. The molecule has 3 aromatic rings. The number of aromatic nitrogens is 1. The molecule has 0 bridgehead atoms. The Labute approximate surface area is 158 Å². The van der Waals surface area contributed by atoms with Crippen molar-refractivity contribution in [3.63, 3.8) is 0 Å². The molecule has 0 N–H and O–H groups in total. The van der Waals surface area contributed by atoms with Crippen LogP contribution in [-0.2, 0) is 6.54 Å². The van der Waals surface area contributed by atoms with Crippen LogP contribution in [-0.4, -0.2) is 46.9 Å². The Balaban J connectivity index is 1.39. The monoisotopic (exact) mass is 365 g/mol. The van der Waals surface area contributed by atoms with E-state index < -0.39 is 0 Å². The van der Waals surface area contributed by atoms with Crippen LogP contribution in [0.25, 0.3) is 10.8 Å². The van der Waals surface area contributed by atoms with E-state index in [0.29, 0.717) is 0 Å². The zero-order valence-corrected chi connectivity index (χ0v) is 16.1. The quantitative estimate of drug-likeness (QED) is 0.707. The Morgan fingerprint density at radius 2 is 1.77 bits per heavy atom. The molecule has 5 heteroatoms. The smallest absolute Gasteiger partial charge is 0.253 e. The van der Waals surface area contributed by atoms with E-state index in [9.17, 15) is 4.79 Å². The molecule has 1 aromatic heterocycles. The molecule has 0 saturated carbocycles. The maximum absolute atomic E-state index is 12.9. The number of fused-ring (bicyclic) bond motifs is 1. The van der Waals surface area contributed by atoms with Crippen LogP contribution >= 0.6 is 11.3 Å². The summed E-state index contributed by atoms with van der Waals surface area (Å²) in [5, 5.41) is 3.46. The van der Waals surface area contributed by atoms with Crippen LogP contribution in [0.4, 0.5) is 0 Å². The van der Waals surface area contributed by atoms with Gasteiger partial charge in [0.1, 0.15) is 5.01 Å². The number of nitrogens with zero attached hydrogens (tertiary/aromatic N) is 3. The van der Waals surface area contributed by atoms with E-state index >= 15 is 0 Å². The molecular formula is C21H23N3OS. The van der Waals surface area contributed by atoms with Crippen molar-refractivity contribution in [2.24, 2.45) is 0 Å². The standard InChI is InChI=1S/C21H23N3OS/c1-15-16(2)26-20(22-15)14-23-9-11-24(12-10-23)21(25)19-8-7-17-5-3-4-6-18(17)13-19/h3-8,13H,9-12,14H2,1-2H3. The van der Waals surface area contributed by atoms with Gasteiger partial charge in [-0.25, -0.2) is 4.98 Å². The van der Waals surface area contributed by atoms with Crippen LogP contribution in [0, 0.1) is 13.8 Å². The number of rotatable bonds is 3. The molecule has 4 rings (SSSR count). The maximum Gasteiger partial charge on any atom is 0.253 e. The van der Waals surface area contributed by atoms with E-state index in [1.165, 1.54) is 15.3 Å². The Kier molecular flexibility index (Phi) is 4.74. The lowest BCUT2D eigenvalue weighted by molar-refractivity contribution is 0.0628. The normalized spacial score (nSPS) is 15.5. The molecule has 0 radical (unpaired) electrons. The largest absolute Gasteiger partial charge is 0.336 e. The first-order chi connectivity index (χ1) is 12.6. The number of aryl methyl sites for hydroxylation is 2. The van der Waals surface area contributed by atoms with Gasteiger partial charge in [-0.1, -0.05) is 30.3 Å². The summed E-state index contributed by atoms with van der Waals surface area (Å²) >= 11 is 1.78. The summed E-state index contributed by atoms with van der Waals surface area (Å²) in [5.41, 5.74) is 1.92. The van der Waals surface area contributed by atoms with Gasteiger partial charge < -0.3 is 4.90 Å². The van der Waals surface area contributed by atoms with Crippen LogP contribution in [0.15, 0.2) is 42.5 Å². The minimum Gasteiger partial charge on any atom is -0.336 e. The average Bonchev–Trinajstić information content (AvgIpc) is 2.98. The van der Waals surface area contributed by atoms with E-state index in [4.69, 9.17) is 0 Å². The highest BCUT2D eigenvalue weighted by Crippen LogP contribution is 2.20. The molecule has 26 heavy (non-hydrogen) atoms. The van der Waals surface area contributed by atoms with Crippen LogP contribution in [0.2, 0.25) is 0 Å².